The molecule has 2 aromatic heterocycles. The summed E-state index contributed by atoms with van der Waals surface area (Å²) in [6.45, 7) is 6.04. The summed E-state index contributed by atoms with van der Waals surface area (Å²) in [6, 6.07) is 10.2. The third kappa shape index (κ3) is 4.35. The van der Waals surface area contributed by atoms with Crippen molar-refractivity contribution in [2.24, 2.45) is 7.05 Å². The number of aryl methyl sites for hydroxylation is 1. The number of hydrogen-bond donors (Lipinski definition) is 1. The Morgan fingerprint density at radius 3 is 2.70 bits per heavy atom. The maximum absolute atomic E-state index is 12.9. The number of carbonyl (C=O) groups excluding carboxylic acids is 1. The third-order valence-corrected chi connectivity index (χ3v) is 6.20. The topological polar surface area (TPSA) is 79.2 Å². The highest BCUT2D eigenvalue weighted by Crippen LogP contribution is 2.25. The fourth-order valence-electron chi connectivity index (χ4n) is 3.62. The second-order valence-electron chi connectivity index (χ2n) is 7.15. The van der Waals surface area contributed by atoms with Gasteiger partial charge in [-0.05, 0) is 19.1 Å². The largest absolute Gasteiger partial charge is 0.370 e. The number of anilines is 2. The highest BCUT2D eigenvalue weighted by molar-refractivity contribution is 7.99. The van der Waals surface area contributed by atoms with Gasteiger partial charge in [-0.25, -0.2) is 9.97 Å². The number of nitrogens with one attached hydrogen (secondary N) is 1. The summed E-state index contributed by atoms with van der Waals surface area (Å²) in [6.07, 6.45) is 1.78. The lowest BCUT2D eigenvalue weighted by Gasteiger charge is -2.28. The molecule has 1 saturated heterocycles. The Balaban J connectivity index is 1.49. The predicted molar refractivity (Wildman–Crippen MR) is 123 cm³/mol. The lowest BCUT2D eigenvalue weighted by molar-refractivity contribution is 0.0944. The predicted octanol–water partition coefficient (Wildman–Crippen LogP) is 2.17. The summed E-state index contributed by atoms with van der Waals surface area (Å²) in [7, 11) is 1.84. The van der Waals surface area contributed by atoms with Crippen molar-refractivity contribution in [2.75, 3.05) is 54.0 Å². The molecule has 0 bridgehead atoms. The number of benzene rings is 1. The van der Waals surface area contributed by atoms with Crippen LogP contribution >= 0.6 is 11.8 Å². The fourth-order valence-corrected chi connectivity index (χ4v) is 4.52. The number of nitrogens with zero attached hydrogens (tertiary/aromatic N) is 6. The first kappa shape index (κ1) is 20.5. The molecule has 3 aromatic rings. The summed E-state index contributed by atoms with van der Waals surface area (Å²) >= 11 is 1.94. The van der Waals surface area contributed by atoms with E-state index in [9.17, 15) is 4.79 Å². The van der Waals surface area contributed by atoms with E-state index < -0.39 is 0 Å². The van der Waals surface area contributed by atoms with E-state index in [1.54, 1.807) is 10.9 Å². The van der Waals surface area contributed by atoms with Crippen LogP contribution in [0.15, 0.2) is 36.5 Å². The first-order valence-corrected chi connectivity index (χ1v) is 11.4. The van der Waals surface area contributed by atoms with Gasteiger partial charge in [0.15, 0.2) is 5.65 Å². The SMILES string of the molecule is CCN(CCNC(=O)c1nc(N2CCSCC2)c2cnn(C)c2n1)c1ccccc1. The van der Waals surface area contributed by atoms with Crippen molar-refractivity contribution in [2.45, 2.75) is 6.92 Å². The van der Waals surface area contributed by atoms with Crippen LogP contribution in [-0.4, -0.2) is 69.9 Å². The zero-order chi connectivity index (χ0) is 20.9. The number of fused-ring (bicyclic) bond motifs is 1. The highest BCUT2D eigenvalue weighted by atomic mass is 32.2. The molecule has 1 amide bonds. The quantitative estimate of drug-likeness (QED) is 0.621. The average Bonchev–Trinajstić information content (AvgIpc) is 3.18. The number of rotatable bonds is 7. The second kappa shape index (κ2) is 9.34. The minimum absolute atomic E-state index is 0.196. The molecule has 8 nitrogen and oxygen atoms in total. The smallest absolute Gasteiger partial charge is 0.289 e. The molecule has 4 rings (SSSR count). The second-order valence-corrected chi connectivity index (χ2v) is 8.37. The van der Waals surface area contributed by atoms with Crippen molar-refractivity contribution in [3.05, 3.63) is 42.4 Å². The number of carbonyl (C=O) groups is 1. The molecule has 30 heavy (non-hydrogen) atoms. The molecule has 1 aliphatic rings. The van der Waals surface area contributed by atoms with Crippen LogP contribution in [0.4, 0.5) is 11.5 Å². The van der Waals surface area contributed by atoms with Crippen molar-refractivity contribution in [1.29, 1.82) is 0 Å². The Labute approximate surface area is 180 Å². The standard InChI is InChI=1S/C21H27N7OS/c1-3-27(16-7-5-4-6-8-16)10-9-22-21(29)18-24-19-17(15-23-26(19)2)20(25-18)28-11-13-30-14-12-28/h4-8,15H,3,9-14H2,1-2H3,(H,22,29). The van der Waals surface area contributed by atoms with Crippen LogP contribution in [0, 0.1) is 0 Å². The fraction of sp³-hybridized carbons (Fsp3) is 0.429. The normalized spacial score (nSPS) is 14.1. The van der Waals surface area contributed by atoms with Gasteiger partial charge in [0.2, 0.25) is 5.82 Å². The van der Waals surface area contributed by atoms with Crippen LogP contribution in [0.5, 0.6) is 0 Å². The zero-order valence-corrected chi connectivity index (χ0v) is 18.2. The van der Waals surface area contributed by atoms with Crippen molar-refractivity contribution >= 4 is 40.2 Å². The number of para-hydroxylation sites is 1. The molecule has 0 saturated carbocycles. The van der Waals surface area contributed by atoms with E-state index in [0.717, 1.165) is 54.6 Å². The molecule has 0 radical (unpaired) electrons. The van der Waals surface area contributed by atoms with Crippen molar-refractivity contribution in [3.8, 4) is 0 Å². The van der Waals surface area contributed by atoms with Crippen LogP contribution in [0.2, 0.25) is 0 Å². The summed E-state index contributed by atoms with van der Waals surface area (Å²) in [5, 5.41) is 8.20. The van der Waals surface area contributed by atoms with Crippen LogP contribution in [0.1, 0.15) is 17.5 Å². The average molecular weight is 426 g/mol. The molecule has 1 N–H and O–H groups in total. The number of hydrogen-bond acceptors (Lipinski definition) is 7. The molecule has 1 fully saturated rings. The van der Waals surface area contributed by atoms with Crippen molar-refractivity contribution < 1.29 is 4.79 Å². The number of aromatic nitrogens is 4. The summed E-state index contributed by atoms with van der Waals surface area (Å²) in [5.41, 5.74) is 1.83. The lowest BCUT2D eigenvalue weighted by atomic mass is 10.3. The minimum atomic E-state index is -0.255. The molecule has 0 unspecified atom stereocenters. The van der Waals surface area contributed by atoms with E-state index in [1.807, 2.05) is 37.0 Å². The number of likely N-dealkylation sites (N-methyl/N-ethyl adjacent to an activating group) is 1. The maximum Gasteiger partial charge on any atom is 0.289 e. The Hall–Kier alpha value is -2.81. The molecule has 0 aliphatic carbocycles. The van der Waals surface area contributed by atoms with E-state index in [0.29, 0.717) is 12.2 Å². The Bertz CT molecular complexity index is 1000. The molecular weight excluding hydrogens is 398 g/mol. The third-order valence-electron chi connectivity index (χ3n) is 5.26. The van der Waals surface area contributed by atoms with Gasteiger partial charge in [-0.15, -0.1) is 0 Å². The maximum atomic E-state index is 12.9. The van der Waals surface area contributed by atoms with Gasteiger partial charge in [-0.3, -0.25) is 9.48 Å². The summed E-state index contributed by atoms with van der Waals surface area (Å²) < 4.78 is 1.70. The van der Waals surface area contributed by atoms with E-state index in [4.69, 9.17) is 0 Å². The molecule has 3 heterocycles. The van der Waals surface area contributed by atoms with E-state index in [2.05, 4.69) is 49.2 Å². The number of thioether (sulfide) groups is 1. The van der Waals surface area contributed by atoms with Gasteiger partial charge in [0.05, 0.1) is 11.6 Å². The van der Waals surface area contributed by atoms with Gasteiger partial charge in [0, 0.05) is 57.0 Å². The van der Waals surface area contributed by atoms with Crippen LogP contribution in [0.3, 0.4) is 0 Å². The summed E-state index contributed by atoms with van der Waals surface area (Å²) in [5.74, 6) is 2.86. The molecular formula is C21H27N7OS. The first-order chi connectivity index (χ1) is 14.7. The van der Waals surface area contributed by atoms with Gasteiger partial charge in [-0.2, -0.15) is 16.9 Å². The Morgan fingerprint density at radius 1 is 1.20 bits per heavy atom. The van der Waals surface area contributed by atoms with Gasteiger partial charge in [0.1, 0.15) is 5.82 Å². The Kier molecular flexibility index (Phi) is 6.37. The van der Waals surface area contributed by atoms with Gasteiger partial charge in [-0.1, -0.05) is 18.2 Å². The van der Waals surface area contributed by atoms with Gasteiger partial charge in [0.25, 0.3) is 5.91 Å². The molecule has 0 spiro atoms. The van der Waals surface area contributed by atoms with Crippen LogP contribution in [-0.2, 0) is 7.05 Å². The van der Waals surface area contributed by atoms with Crippen molar-refractivity contribution in [1.82, 2.24) is 25.1 Å². The molecule has 1 aromatic carbocycles. The van der Waals surface area contributed by atoms with Gasteiger partial charge >= 0.3 is 0 Å². The van der Waals surface area contributed by atoms with Crippen LogP contribution < -0.4 is 15.1 Å². The van der Waals surface area contributed by atoms with E-state index in [1.165, 1.54) is 0 Å². The highest BCUT2D eigenvalue weighted by Gasteiger charge is 2.21. The lowest BCUT2D eigenvalue weighted by Crippen LogP contribution is -2.36. The molecule has 0 atom stereocenters. The van der Waals surface area contributed by atoms with Gasteiger partial charge < -0.3 is 15.1 Å². The minimum Gasteiger partial charge on any atom is -0.370 e. The monoisotopic (exact) mass is 425 g/mol. The Morgan fingerprint density at radius 2 is 1.97 bits per heavy atom. The molecule has 1 aliphatic heterocycles. The van der Waals surface area contributed by atoms with Crippen LogP contribution in [0.25, 0.3) is 11.0 Å². The van der Waals surface area contributed by atoms with Crippen molar-refractivity contribution in [3.63, 3.8) is 0 Å². The zero-order valence-electron chi connectivity index (χ0n) is 17.4. The molecule has 9 heteroatoms. The molecule has 158 valence electrons. The van der Waals surface area contributed by atoms with E-state index >= 15 is 0 Å². The van der Waals surface area contributed by atoms with E-state index in [-0.39, 0.29) is 11.7 Å². The first-order valence-electron chi connectivity index (χ1n) is 10.3. The summed E-state index contributed by atoms with van der Waals surface area (Å²) in [4.78, 5) is 26.4. The number of amides is 1.